The van der Waals surface area contributed by atoms with Crippen LogP contribution in [0.5, 0.6) is 0 Å². The predicted molar refractivity (Wildman–Crippen MR) is 115 cm³/mol. The number of amides is 4. The zero-order valence-corrected chi connectivity index (χ0v) is 17.8. The van der Waals surface area contributed by atoms with Crippen molar-refractivity contribution < 1.29 is 19.1 Å². The molecule has 1 aromatic heterocycles. The van der Waals surface area contributed by atoms with Crippen LogP contribution < -0.4 is 10.6 Å². The van der Waals surface area contributed by atoms with Gasteiger partial charge in [0.2, 0.25) is 5.91 Å². The van der Waals surface area contributed by atoms with Gasteiger partial charge in [-0.15, -0.1) is 11.3 Å². The summed E-state index contributed by atoms with van der Waals surface area (Å²) in [6.07, 6.45) is -0.194. The van der Waals surface area contributed by atoms with E-state index in [0.717, 1.165) is 5.56 Å². The highest BCUT2D eigenvalue weighted by Gasteiger charge is 2.25. The first kappa shape index (κ1) is 21.6. The number of thiazole rings is 1. The van der Waals surface area contributed by atoms with Gasteiger partial charge in [-0.2, -0.15) is 0 Å². The molecule has 0 spiro atoms. The number of carbonyl (C=O) groups excluding carboxylic acids is 3. The fraction of sp³-hybridized carbons (Fsp3) is 0.400. The smallest absolute Gasteiger partial charge is 0.409 e. The zero-order valence-electron chi connectivity index (χ0n) is 17.0. The van der Waals surface area contributed by atoms with Crippen LogP contribution in [0.15, 0.2) is 29.6 Å². The highest BCUT2D eigenvalue weighted by Crippen LogP contribution is 2.18. The van der Waals surface area contributed by atoms with Crippen LogP contribution in [-0.2, 0) is 16.0 Å². The Hall–Kier alpha value is -3.14. The molecule has 0 saturated carbocycles. The van der Waals surface area contributed by atoms with Gasteiger partial charge in [0.1, 0.15) is 0 Å². The van der Waals surface area contributed by atoms with Crippen LogP contribution in [0, 0.1) is 6.92 Å². The Balaban J connectivity index is 1.46. The van der Waals surface area contributed by atoms with Crippen molar-refractivity contribution in [1.29, 1.82) is 0 Å². The van der Waals surface area contributed by atoms with E-state index in [1.165, 1.54) is 11.3 Å². The summed E-state index contributed by atoms with van der Waals surface area (Å²) in [6, 6.07) is 7.10. The maximum Gasteiger partial charge on any atom is 0.409 e. The van der Waals surface area contributed by atoms with Gasteiger partial charge < -0.3 is 19.9 Å². The van der Waals surface area contributed by atoms with Crippen molar-refractivity contribution in [3.05, 3.63) is 40.9 Å². The predicted octanol–water partition coefficient (Wildman–Crippen LogP) is 2.94. The number of aryl methyl sites for hydroxylation is 1. The number of piperazine rings is 1. The number of nitrogens with one attached hydrogen (secondary N) is 2. The molecule has 1 aliphatic rings. The number of urea groups is 1. The quantitative estimate of drug-likeness (QED) is 0.758. The van der Waals surface area contributed by atoms with Crippen LogP contribution in [0.3, 0.4) is 0 Å². The highest BCUT2D eigenvalue weighted by atomic mass is 32.1. The average Bonchev–Trinajstić information content (AvgIpc) is 3.14. The third-order valence-corrected chi connectivity index (χ3v) is 5.35. The largest absolute Gasteiger partial charge is 0.450 e. The van der Waals surface area contributed by atoms with Gasteiger partial charge in [0.05, 0.1) is 18.7 Å². The number of hydrogen-bond acceptors (Lipinski definition) is 6. The number of carbonyl (C=O) groups is 3. The molecule has 0 atom stereocenters. The molecule has 0 bridgehead atoms. The van der Waals surface area contributed by atoms with E-state index in [2.05, 4.69) is 15.6 Å². The minimum Gasteiger partial charge on any atom is -0.450 e. The lowest BCUT2D eigenvalue weighted by Crippen LogP contribution is -2.51. The summed E-state index contributed by atoms with van der Waals surface area (Å²) in [6.45, 7) is 5.88. The van der Waals surface area contributed by atoms with Crippen LogP contribution in [-0.4, -0.2) is 65.6 Å². The second-order valence-electron chi connectivity index (χ2n) is 6.84. The van der Waals surface area contributed by atoms with Crippen molar-refractivity contribution in [2.45, 2.75) is 20.3 Å². The lowest BCUT2D eigenvalue weighted by Gasteiger charge is -2.34. The summed E-state index contributed by atoms with van der Waals surface area (Å²) in [5, 5.41) is 7.63. The van der Waals surface area contributed by atoms with Crippen molar-refractivity contribution in [2.75, 3.05) is 43.4 Å². The molecule has 0 aliphatic carbocycles. The fourth-order valence-corrected chi connectivity index (χ4v) is 3.75. The Morgan fingerprint density at radius 1 is 1.13 bits per heavy atom. The molecule has 4 amide bonds. The Kier molecular flexibility index (Phi) is 7.23. The van der Waals surface area contributed by atoms with Crippen molar-refractivity contribution >= 4 is 40.2 Å². The number of ether oxygens (including phenoxy) is 1. The molecule has 3 rings (SSSR count). The molecule has 1 saturated heterocycles. The fourth-order valence-electron chi connectivity index (χ4n) is 3.05. The molecule has 10 heteroatoms. The van der Waals surface area contributed by atoms with Gasteiger partial charge in [-0.05, 0) is 31.5 Å². The van der Waals surface area contributed by atoms with Crippen LogP contribution >= 0.6 is 11.3 Å². The molecule has 2 aromatic rings. The number of rotatable bonds is 5. The summed E-state index contributed by atoms with van der Waals surface area (Å²) in [7, 11) is 0. The number of aromatic nitrogens is 1. The van der Waals surface area contributed by atoms with Crippen LogP contribution in [0.1, 0.15) is 18.2 Å². The Labute approximate surface area is 179 Å². The lowest BCUT2D eigenvalue weighted by molar-refractivity contribution is -0.132. The molecule has 1 aromatic carbocycles. The number of benzene rings is 1. The van der Waals surface area contributed by atoms with Crippen LogP contribution in [0.4, 0.5) is 20.4 Å². The van der Waals surface area contributed by atoms with E-state index >= 15 is 0 Å². The summed E-state index contributed by atoms with van der Waals surface area (Å²) in [5.74, 6) is -0.0560. The third-order valence-electron chi connectivity index (χ3n) is 4.54. The van der Waals surface area contributed by atoms with Crippen molar-refractivity contribution in [2.24, 2.45) is 0 Å². The molecule has 0 unspecified atom stereocenters. The second-order valence-corrected chi connectivity index (χ2v) is 7.69. The van der Waals surface area contributed by atoms with Gasteiger partial charge in [0.25, 0.3) is 0 Å². The van der Waals surface area contributed by atoms with Gasteiger partial charge in [-0.25, -0.2) is 14.6 Å². The SMILES string of the molecule is CCOC(=O)N1CCN(C(=O)Cc2csc(NC(=O)Nc3cccc(C)c3)n2)CC1. The molecule has 2 heterocycles. The van der Waals surface area contributed by atoms with E-state index in [1.807, 2.05) is 25.1 Å². The molecule has 1 aliphatic heterocycles. The summed E-state index contributed by atoms with van der Waals surface area (Å²) in [5.41, 5.74) is 2.34. The van der Waals surface area contributed by atoms with E-state index in [0.29, 0.717) is 49.3 Å². The van der Waals surface area contributed by atoms with E-state index in [9.17, 15) is 14.4 Å². The minimum absolute atomic E-state index is 0.0560. The summed E-state index contributed by atoms with van der Waals surface area (Å²) in [4.78, 5) is 44.0. The Morgan fingerprint density at radius 3 is 2.57 bits per heavy atom. The van der Waals surface area contributed by atoms with Crippen molar-refractivity contribution in [3.63, 3.8) is 0 Å². The Morgan fingerprint density at radius 2 is 1.87 bits per heavy atom. The molecule has 1 fully saturated rings. The highest BCUT2D eigenvalue weighted by molar-refractivity contribution is 7.14. The zero-order chi connectivity index (χ0) is 21.5. The van der Waals surface area contributed by atoms with E-state index < -0.39 is 0 Å². The topological polar surface area (TPSA) is 104 Å². The minimum atomic E-state index is -0.386. The van der Waals surface area contributed by atoms with Gasteiger partial charge in [0, 0.05) is 37.2 Å². The summed E-state index contributed by atoms with van der Waals surface area (Å²) >= 11 is 1.27. The maximum atomic E-state index is 12.5. The standard InChI is InChI=1S/C20H25N5O4S/c1-3-29-20(28)25-9-7-24(8-10-25)17(26)12-16-13-30-19(22-16)23-18(27)21-15-6-4-5-14(2)11-15/h4-6,11,13H,3,7-10,12H2,1-2H3,(H2,21,22,23,27). The molecular formula is C20H25N5O4S. The van der Waals surface area contributed by atoms with E-state index in [-0.39, 0.29) is 24.5 Å². The van der Waals surface area contributed by atoms with Gasteiger partial charge in [0.15, 0.2) is 5.13 Å². The second kappa shape index (κ2) is 10.1. The molecule has 9 nitrogen and oxygen atoms in total. The summed E-state index contributed by atoms with van der Waals surface area (Å²) < 4.78 is 4.99. The van der Waals surface area contributed by atoms with Gasteiger partial charge >= 0.3 is 12.1 Å². The van der Waals surface area contributed by atoms with Gasteiger partial charge in [-0.1, -0.05) is 12.1 Å². The molecular weight excluding hydrogens is 406 g/mol. The van der Waals surface area contributed by atoms with Crippen LogP contribution in [0.2, 0.25) is 0 Å². The maximum absolute atomic E-state index is 12.5. The van der Waals surface area contributed by atoms with E-state index in [1.54, 1.807) is 28.2 Å². The monoisotopic (exact) mass is 431 g/mol. The molecule has 30 heavy (non-hydrogen) atoms. The van der Waals surface area contributed by atoms with Crippen molar-refractivity contribution in [1.82, 2.24) is 14.8 Å². The first-order chi connectivity index (χ1) is 14.4. The normalized spacial score (nSPS) is 13.7. The first-order valence-corrected chi connectivity index (χ1v) is 10.6. The lowest BCUT2D eigenvalue weighted by atomic mass is 10.2. The molecule has 0 radical (unpaired) electrons. The third kappa shape index (κ3) is 5.93. The van der Waals surface area contributed by atoms with Gasteiger partial charge in [-0.3, -0.25) is 10.1 Å². The number of hydrogen-bond donors (Lipinski definition) is 2. The molecule has 2 N–H and O–H groups in total. The van der Waals surface area contributed by atoms with Crippen LogP contribution in [0.25, 0.3) is 0 Å². The van der Waals surface area contributed by atoms with Crippen molar-refractivity contribution in [3.8, 4) is 0 Å². The Bertz CT molecular complexity index is 908. The molecule has 160 valence electrons. The number of anilines is 2. The average molecular weight is 432 g/mol. The number of nitrogens with zero attached hydrogens (tertiary/aromatic N) is 3. The van der Waals surface area contributed by atoms with E-state index in [4.69, 9.17) is 4.74 Å². The first-order valence-electron chi connectivity index (χ1n) is 9.73.